The van der Waals surface area contributed by atoms with Crippen molar-refractivity contribution in [1.29, 1.82) is 0 Å². The molecule has 2 heterocycles. The summed E-state index contributed by atoms with van der Waals surface area (Å²) < 4.78 is 5.24. The van der Waals surface area contributed by atoms with Crippen molar-refractivity contribution < 1.29 is 9.52 Å². The maximum Gasteiger partial charge on any atom is 0.158 e. The van der Waals surface area contributed by atoms with Gasteiger partial charge in [0, 0.05) is 31.1 Å². The first-order valence-electron chi connectivity index (χ1n) is 4.70. The van der Waals surface area contributed by atoms with Gasteiger partial charge in [0.1, 0.15) is 12.0 Å². The summed E-state index contributed by atoms with van der Waals surface area (Å²) in [5.41, 5.74) is 0.972. The molecule has 0 bridgehead atoms. The van der Waals surface area contributed by atoms with Crippen LogP contribution in [0.1, 0.15) is 25.2 Å². The second kappa shape index (κ2) is 3.07. The highest BCUT2D eigenvalue weighted by molar-refractivity contribution is 5.34. The summed E-state index contributed by atoms with van der Waals surface area (Å²) in [6.45, 7) is 6.18. The van der Waals surface area contributed by atoms with Crippen molar-refractivity contribution in [3.05, 3.63) is 17.6 Å². The molecule has 0 atom stereocenters. The first kappa shape index (κ1) is 8.63. The van der Waals surface area contributed by atoms with Crippen molar-refractivity contribution in [2.45, 2.75) is 32.9 Å². The monoisotopic (exact) mass is 181 g/mol. The van der Waals surface area contributed by atoms with Gasteiger partial charge in [-0.3, -0.25) is 4.90 Å². The molecule has 1 aliphatic heterocycles. The van der Waals surface area contributed by atoms with Gasteiger partial charge >= 0.3 is 0 Å². The smallest absolute Gasteiger partial charge is 0.158 e. The van der Waals surface area contributed by atoms with Gasteiger partial charge in [0.05, 0.1) is 0 Å². The molecule has 0 amide bonds. The van der Waals surface area contributed by atoms with Crippen LogP contribution >= 0.6 is 0 Å². The molecule has 3 heteroatoms. The quantitative estimate of drug-likeness (QED) is 0.717. The Labute approximate surface area is 78.0 Å². The number of nitrogens with zero attached hydrogens (tertiary/aromatic N) is 1. The number of fused-ring (bicyclic) bond motifs is 1. The van der Waals surface area contributed by atoms with Gasteiger partial charge in [-0.25, -0.2) is 0 Å². The fraction of sp³-hybridized carbons (Fsp3) is 0.600. The third-order valence-corrected chi connectivity index (χ3v) is 2.68. The van der Waals surface area contributed by atoms with Crippen LogP contribution in [-0.4, -0.2) is 22.6 Å². The van der Waals surface area contributed by atoms with Crippen molar-refractivity contribution in [1.82, 2.24) is 4.90 Å². The van der Waals surface area contributed by atoms with Gasteiger partial charge in [0.15, 0.2) is 5.75 Å². The van der Waals surface area contributed by atoms with E-state index in [4.69, 9.17) is 4.42 Å². The van der Waals surface area contributed by atoms with Gasteiger partial charge in [0.2, 0.25) is 0 Å². The highest BCUT2D eigenvalue weighted by Crippen LogP contribution is 2.29. The van der Waals surface area contributed by atoms with E-state index in [1.807, 2.05) is 0 Å². The van der Waals surface area contributed by atoms with Crippen molar-refractivity contribution in [3.8, 4) is 5.75 Å². The number of furan rings is 1. The molecular formula is C10H15NO2. The van der Waals surface area contributed by atoms with Gasteiger partial charge in [-0.05, 0) is 13.8 Å². The lowest BCUT2D eigenvalue weighted by atomic mass is 10.1. The van der Waals surface area contributed by atoms with Crippen LogP contribution in [0.15, 0.2) is 10.7 Å². The number of rotatable bonds is 1. The molecule has 13 heavy (non-hydrogen) atoms. The number of aromatic hydroxyl groups is 1. The van der Waals surface area contributed by atoms with Gasteiger partial charge in [-0.15, -0.1) is 0 Å². The van der Waals surface area contributed by atoms with Gasteiger partial charge < -0.3 is 9.52 Å². The average molecular weight is 181 g/mol. The highest BCUT2D eigenvalue weighted by Gasteiger charge is 2.23. The van der Waals surface area contributed by atoms with E-state index in [2.05, 4.69) is 18.7 Å². The summed E-state index contributed by atoms with van der Waals surface area (Å²) in [6, 6.07) is 0.530. The average Bonchev–Trinajstić information content (AvgIpc) is 2.47. The highest BCUT2D eigenvalue weighted by atomic mass is 16.4. The van der Waals surface area contributed by atoms with Crippen LogP contribution in [0.5, 0.6) is 5.75 Å². The lowest BCUT2D eigenvalue weighted by Crippen LogP contribution is -2.35. The van der Waals surface area contributed by atoms with Crippen molar-refractivity contribution >= 4 is 0 Å². The van der Waals surface area contributed by atoms with Crippen LogP contribution in [0.25, 0.3) is 0 Å². The van der Waals surface area contributed by atoms with Crippen molar-refractivity contribution in [2.75, 3.05) is 6.54 Å². The maximum atomic E-state index is 9.48. The third kappa shape index (κ3) is 1.44. The number of hydrogen-bond acceptors (Lipinski definition) is 3. The fourth-order valence-electron chi connectivity index (χ4n) is 1.76. The minimum absolute atomic E-state index is 0.306. The molecule has 0 spiro atoms. The van der Waals surface area contributed by atoms with Gasteiger partial charge in [0.25, 0.3) is 0 Å². The summed E-state index contributed by atoms with van der Waals surface area (Å²) in [4.78, 5) is 2.33. The van der Waals surface area contributed by atoms with E-state index in [1.54, 1.807) is 0 Å². The molecule has 72 valence electrons. The zero-order chi connectivity index (χ0) is 9.42. The molecule has 0 fully saturated rings. The fourth-order valence-corrected chi connectivity index (χ4v) is 1.76. The molecule has 1 aliphatic rings. The molecule has 1 aromatic rings. The molecule has 0 aromatic carbocycles. The summed E-state index contributed by atoms with van der Waals surface area (Å²) in [7, 11) is 0. The minimum Gasteiger partial charge on any atom is -0.504 e. The van der Waals surface area contributed by atoms with E-state index in [1.165, 1.54) is 6.26 Å². The Morgan fingerprint density at radius 3 is 3.00 bits per heavy atom. The normalized spacial score (nSPS) is 17.8. The van der Waals surface area contributed by atoms with E-state index >= 15 is 0 Å². The zero-order valence-electron chi connectivity index (χ0n) is 8.08. The molecule has 1 N–H and O–H groups in total. The van der Waals surface area contributed by atoms with Crippen molar-refractivity contribution in [3.63, 3.8) is 0 Å². The lowest BCUT2D eigenvalue weighted by molar-refractivity contribution is 0.193. The number of hydrogen-bond donors (Lipinski definition) is 1. The summed E-state index contributed by atoms with van der Waals surface area (Å²) in [6.07, 6.45) is 2.35. The Kier molecular flexibility index (Phi) is 2.04. The molecule has 0 unspecified atom stereocenters. The summed E-state index contributed by atoms with van der Waals surface area (Å²) in [5, 5.41) is 9.48. The molecule has 0 aliphatic carbocycles. The first-order chi connectivity index (χ1) is 6.18. The molecular weight excluding hydrogens is 166 g/mol. The second-order valence-electron chi connectivity index (χ2n) is 3.84. The van der Waals surface area contributed by atoms with E-state index in [0.29, 0.717) is 11.8 Å². The van der Waals surface area contributed by atoms with Crippen LogP contribution in [0.3, 0.4) is 0 Å². The Hall–Kier alpha value is -0.960. The third-order valence-electron chi connectivity index (χ3n) is 2.68. The topological polar surface area (TPSA) is 36.6 Å². The molecule has 0 radical (unpaired) electrons. The predicted molar refractivity (Wildman–Crippen MR) is 49.6 cm³/mol. The van der Waals surface area contributed by atoms with Gasteiger partial charge in [-0.2, -0.15) is 0 Å². The van der Waals surface area contributed by atoms with E-state index in [9.17, 15) is 5.11 Å². The molecule has 0 saturated heterocycles. The van der Waals surface area contributed by atoms with Crippen molar-refractivity contribution in [2.24, 2.45) is 0 Å². The van der Waals surface area contributed by atoms with Crippen LogP contribution in [0.4, 0.5) is 0 Å². The van der Waals surface area contributed by atoms with E-state index in [-0.39, 0.29) is 0 Å². The van der Waals surface area contributed by atoms with Crippen LogP contribution < -0.4 is 0 Å². The molecule has 0 saturated carbocycles. The van der Waals surface area contributed by atoms with Crippen LogP contribution in [-0.2, 0) is 13.0 Å². The SMILES string of the molecule is CC(C)N1CCc2occ(O)c2C1. The Morgan fingerprint density at radius 1 is 1.54 bits per heavy atom. The summed E-state index contributed by atoms with van der Waals surface area (Å²) in [5.74, 6) is 1.26. The van der Waals surface area contributed by atoms with Crippen LogP contribution in [0.2, 0.25) is 0 Å². The standard InChI is InChI=1S/C10H15NO2/c1-7(2)11-4-3-10-8(5-11)9(12)6-13-10/h6-7,12H,3-5H2,1-2H3. The van der Waals surface area contributed by atoms with E-state index in [0.717, 1.165) is 30.8 Å². The Balaban J connectivity index is 2.22. The predicted octanol–water partition coefficient (Wildman–Crippen LogP) is 1.75. The van der Waals surface area contributed by atoms with Crippen LogP contribution in [0, 0.1) is 0 Å². The largest absolute Gasteiger partial charge is 0.504 e. The summed E-state index contributed by atoms with van der Waals surface area (Å²) >= 11 is 0. The zero-order valence-corrected chi connectivity index (χ0v) is 8.08. The second-order valence-corrected chi connectivity index (χ2v) is 3.84. The van der Waals surface area contributed by atoms with E-state index < -0.39 is 0 Å². The molecule has 3 nitrogen and oxygen atoms in total. The van der Waals surface area contributed by atoms with Gasteiger partial charge in [-0.1, -0.05) is 0 Å². The Morgan fingerprint density at radius 2 is 2.31 bits per heavy atom. The Bertz CT molecular complexity index is 304. The molecule has 2 rings (SSSR count). The first-order valence-corrected chi connectivity index (χ1v) is 4.70. The minimum atomic E-state index is 0.306. The molecule has 1 aromatic heterocycles. The lowest BCUT2D eigenvalue weighted by Gasteiger charge is -2.29. The maximum absolute atomic E-state index is 9.48.